The first-order valence-electron chi connectivity index (χ1n) is 20.4. The van der Waals surface area contributed by atoms with Gasteiger partial charge in [-0.05, 0) is 23.2 Å². The maximum absolute atomic E-state index is 10.3. The van der Waals surface area contributed by atoms with Crippen molar-refractivity contribution in [1.29, 1.82) is 0 Å². The summed E-state index contributed by atoms with van der Waals surface area (Å²) in [5.74, 6) is 1.03. The van der Waals surface area contributed by atoms with Crippen molar-refractivity contribution in [3.05, 3.63) is 133 Å². The highest BCUT2D eigenvalue weighted by atomic mass is 28.3. The Hall–Kier alpha value is -4.87. The van der Waals surface area contributed by atoms with E-state index in [2.05, 4.69) is 54.6 Å². The second-order valence-electron chi connectivity index (χ2n) is 14.2. The van der Waals surface area contributed by atoms with E-state index in [-0.39, 0.29) is 35.6 Å². The molecule has 0 bridgehead atoms. The van der Waals surface area contributed by atoms with Gasteiger partial charge in [0.1, 0.15) is 8.07 Å². The highest BCUT2D eigenvalue weighted by Gasteiger charge is 2.50. The fourth-order valence-electron chi connectivity index (χ4n) is 9.28. The predicted octanol–water partition coefficient (Wildman–Crippen LogP) is 10.5. The third-order valence-electron chi connectivity index (χ3n) is 11.4. The first kappa shape index (κ1) is 26.9. The molecule has 0 amide bonds. The molecule has 0 spiro atoms. The molecule has 2 saturated carbocycles. The Morgan fingerprint density at radius 2 is 1.04 bits per heavy atom. The van der Waals surface area contributed by atoms with Crippen molar-refractivity contribution in [1.82, 2.24) is 19.5 Å². The van der Waals surface area contributed by atoms with Gasteiger partial charge in [-0.1, -0.05) is 196 Å². The van der Waals surface area contributed by atoms with Crippen molar-refractivity contribution in [3.8, 4) is 28.7 Å². The van der Waals surface area contributed by atoms with Gasteiger partial charge in [0.15, 0.2) is 11.6 Å². The minimum Gasteiger partial charge on any atom is -0.278 e. The fraction of sp³-hybridized carbons (Fsp3) is 0.267. The first-order valence-corrected chi connectivity index (χ1v) is 20.6. The second-order valence-corrected chi connectivity index (χ2v) is 18.6. The van der Waals surface area contributed by atoms with Crippen LogP contribution in [0.15, 0.2) is 133 Å². The molecule has 0 atom stereocenters. The van der Waals surface area contributed by atoms with Crippen molar-refractivity contribution in [2.75, 3.05) is 0 Å². The molecule has 0 N–H and O–H groups in total. The van der Waals surface area contributed by atoms with Crippen LogP contribution >= 0.6 is 0 Å². The van der Waals surface area contributed by atoms with Crippen molar-refractivity contribution in [2.45, 2.75) is 75.3 Å². The first-order chi connectivity index (χ1) is 26.5. The van der Waals surface area contributed by atoms with Gasteiger partial charge in [0.25, 0.3) is 0 Å². The van der Waals surface area contributed by atoms with Gasteiger partial charge in [0.2, 0.25) is 5.95 Å². The third kappa shape index (κ3) is 5.39. The van der Waals surface area contributed by atoms with Gasteiger partial charge in [-0.15, -0.1) is 0 Å². The molecule has 0 unspecified atom stereocenters. The molecule has 0 aliphatic heterocycles. The van der Waals surface area contributed by atoms with Crippen LogP contribution in [0.5, 0.6) is 0 Å². The number of para-hydroxylation sites is 2. The molecule has 0 radical (unpaired) electrons. The van der Waals surface area contributed by atoms with Crippen LogP contribution in [0.25, 0.3) is 50.5 Å². The topological polar surface area (TPSA) is 43.6 Å². The average Bonchev–Trinajstić information content (AvgIpc) is 3.57. The minimum atomic E-state index is -2.93. The molecule has 5 heteroatoms. The van der Waals surface area contributed by atoms with E-state index in [9.17, 15) is 5.48 Å². The minimum absolute atomic E-state index is 0.0559. The molecule has 5 aromatic carbocycles. The van der Waals surface area contributed by atoms with Crippen molar-refractivity contribution in [3.63, 3.8) is 0 Å². The van der Waals surface area contributed by atoms with E-state index in [0.717, 1.165) is 78.7 Å². The highest BCUT2D eigenvalue weighted by Crippen LogP contribution is 2.48. The molecule has 2 aromatic heterocycles. The standard InChI is InChI=1S/C45H44N4Si/c1-5-18-33(19-6-1)43-46-44(48-45(47-43)49-41-30-15-13-28-39(41)40-29-14-16-31-42(40)49)34-20-17-27-38(32-34)50(35-21-7-2-8-22-35,36-23-9-3-10-24-36)37-25-11-4-12-26-37/h1-2,5-8,13-22,27-32,36-37H,3-4,9-12,23-26H2/i17D,20D,27D,32D. The smallest absolute Gasteiger partial charge is 0.238 e. The van der Waals surface area contributed by atoms with E-state index in [1.165, 1.54) is 18.0 Å². The Kier molecular flexibility index (Phi) is 7.24. The summed E-state index contributed by atoms with van der Waals surface area (Å²) in [6, 6.07) is 36.9. The number of fused-ring (bicyclic) bond motifs is 3. The van der Waals surface area contributed by atoms with E-state index in [0.29, 0.717) is 28.0 Å². The molecule has 248 valence electrons. The van der Waals surface area contributed by atoms with E-state index >= 15 is 0 Å². The van der Waals surface area contributed by atoms with Gasteiger partial charge in [-0.3, -0.25) is 4.57 Å². The highest BCUT2D eigenvalue weighted by molar-refractivity contribution is 7.04. The Morgan fingerprint density at radius 3 is 1.64 bits per heavy atom. The number of rotatable bonds is 7. The Morgan fingerprint density at radius 1 is 0.520 bits per heavy atom. The van der Waals surface area contributed by atoms with Gasteiger partial charge in [-0.25, -0.2) is 4.98 Å². The molecule has 2 fully saturated rings. The number of hydrogen-bond acceptors (Lipinski definition) is 3. The van der Waals surface area contributed by atoms with Gasteiger partial charge < -0.3 is 0 Å². The van der Waals surface area contributed by atoms with Crippen LogP contribution in [0.4, 0.5) is 0 Å². The summed E-state index contributed by atoms with van der Waals surface area (Å²) >= 11 is 0. The zero-order valence-electron chi connectivity index (χ0n) is 32.4. The van der Waals surface area contributed by atoms with Crippen LogP contribution in [-0.4, -0.2) is 27.6 Å². The fourth-order valence-corrected chi connectivity index (χ4v) is 16.0. The molecule has 2 heterocycles. The zero-order chi connectivity index (χ0) is 36.8. The molecule has 50 heavy (non-hydrogen) atoms. The van der Waals surface area contributed by atoms with Crippen LogP contribution in [0.3, 0.4) is 0 Å². The summed E-state index contributed by atoms with van der Waals surface area (Å²) in [5, 5.41) is 4.13. The van der Waals surface area contributed by atoms with E-state index in [1.807, 2.05) is 59.2 Å². The summed E-state index contributed by atoms with van der Waals surface area (Å²) in [5.41, 5.74) is 3.61. The molecule has 2 aliphatic rings. The van der Waals surface area contributed by atoms with E-state index < -0.39 is 8.07 Å². The average molecular weight is 673 g/mol. The van der Waals surface area contributed by atoms with E-state index in [1.54, 1.807) is 0 Å². The monoisotopic (exact) mass is 672 g/mol. The lowest BCUT2D eigenvalue weighted by Gasteiger charge is -2.48. The number of hydrogen-bond donors (Lipinski definition) is 0. The van der Waals surface area contributed by atoms with Crippen LogP contribution in [-0.2, 0) is 0 Å². The molecule has 9 rings (SSSR count). The lowest BCUT2D eigenvalue weighted by atomic mass is 9.99. The Balaban J connectivity index is 1.37. The third-order valence-corrected chi connectivity index (χ3v) is 17.5. The Labute approximate surface area is 301 Å². The maximum atomic E-state index is 10.3. The summed E-state index contributed by atoms with van der Waals surface area (Å²) in [6.45, 7) is 0. The summed E-state index contributed by atoms with van der Waals surface area (Å²) in [6.07, 6.45) is 11.3. The van der Waals surface area contributed by atoms with Gasteiger partial charge in [0.05, 0.1) is 16.5 Å². The molecule has 7 aromatic rings. The molecule has 2 aliphatic carbocycles. The number of aromatic nitrogens is 4. The summed E-state index contributed by atoms with van der Waals surface area (Å²) in [4.78, 5) is 15.3. The van der Waals surface area contributed by atoms with Crippen molar-refractivity contribution in [2.24, 2.45) is 0 Å². The van der Waals surface area contributed by atoms with E-state index in [4.69, 9.17) is 15.0 Å². The van der Waals surface area contributed by atoms with Crippen molar-refractivity contribution < 1.29 is 5.48 Å². The molecule has 0 saturated heterocycles. The van der Waals surface area contributed by atoms with Crippen LogP contribution in [0.1, 0.15) is 69.7 Å². The predicted molar refractivity (Wildman–Crippen MR) is 210 cm³/mol. The van der Waals surface area contributed by atoms with Crippen LogP contribution in [0.2, 0.25) is 11.1 Å². The maximum Gasteiger partial charge on any atom is 0.238 e. The number of nitrogens with zero attached hydrogens (tertiary/aromatic N) is 4. The summed E-state index contributed by atoms with van der Waals surface area (Å²) < 4.78 is 41.0. The lowest BCUT2D eigenvalue weighted by Crippen LogP contribution is -2.65. The Bertz CT molecular complexity index is 2400. The second kappa shape index (κ2) is 13.4. The quantitative estimate of drug-likeness (QED) is 0.158. The SMILES string of the molecule is [2H]c1c([2H])c(-c2nc(-c3ccccc3)nc(-n3c4ccccc4c4ccccc43)n2)c([2H])c([Si](c2ccccc2)(C2CCCCC2)C2CCCCC2)c1[2H]. The van der Waals surface area contributed by atoms with Gasteiger partial charge >= 0.3 is 0 Å². The molecular weight excluding hydrogens is 625 g/mol. The molecular formula is C45H44N4Si. The van der Waals surface area contributed by atoms with Gasteiger partial charge in [0, 0.05) is 21.9 Å². The lowest BCUT2D eigenvalue weighted by molar-refractivity contribution is 0.459. The zero-order valence-corrected chi connectivity index (χ0v) is 29.4. The van der Waals surface area contributed by atoms with Crippen LogP contribution < -0.4 is 10.4 Å². The number of benzene rings is 5. The van der Waals surface area contributed by atoms with Crippen LogP contribution in [0, 0.1) is 0 Å². The van der Waals surface area contributed by atoms with Gasteiger partial charge in [-0.2, -0.15) is 9.97 Å². The van der Waals surface area contributed by atoms with Crippen molar-refractivity contribution >= 4 is 40.3 Å². The normalized spacial score (nSPS) is 17.4. The summed E-state index contributed by atoms with van der Waals surface area (Å²) in [7, 11) is -2.93. The largest absolute Gasteiger partial charge is 0.278 e. The molecule has 4 nitrogen and oxygen atoms in total.